The number of hydrogen-bond donors (Lipinski definition) is 2. The van der Waals surface area contributed by atoms with E-state index in [0.717, 1.165) is 19.3 Å². The molecule has 5 heteroatoms. The van der Waals surface area contributed by atoms with Gasteiger partial charge in [0.2, 0.25) is 0 Å². The summed E-state index contributed by atoms with van der Waals surface area (Å²) >= 11 is 3.62. The van der Waals surface area contributed by atoms with Crippen LogP contribution in [0.25, 0.3) is 0 Å². The number of phenols is 2. The largest absolute Gasteiger partial charge is 0.504 e. The smallest absolute Gasteiger partial charge is 0.257 e. The van der Waals surface area contributed by atoms with E-state index in [0.29, 0.717) is 0 Å². The summed E-state index contributed by atoms with van der Waals surface area (Å²) in [6.07, 6.45) is 4.29. The first-order chi connectivity index (χ1) is 9.02. The number of phenolic OH excluding ortho intramolecular Hbond substituents is 2. The minimum atomic E-state index is -0.346. The summed E-state index contributed by atoms with van der Waals surface area (Å²) in [5, 5.41) is 19.2. The first-order valence-electron chi connectivity index (χ1n) is 6.44. The van der Waals surface area contributed by atoms with E-state index in [4.69, 9.17) is 0 Å². The van der Waals surface area contributed by atoms with Crippen molar-refractivity contribution in [1.82, 2.24) is 4.90 Å². The van der Waals surface area contributed by atoms with Crippen LogP contribution in [-0.2, 0) is 0 Å². The Bertz CT molecular complexity index is 478. The lowest BCUT2D eigenvalue weighted by Crippen LogP contribution is -2.44. The predicted molar refractivity (Wildman–Crippen MR) is 76.8 cm³/mol. The molecule has 0 aliphatic heterocycles. The number of aromatic hydroxyl groups is 2. The van der Waals surface area contributed by atoms with Crippen molar-refractivity contribution in [1.29, 1.82) is 0 Å². The van der Waals surface area contributed by atoms with Gasteiger partial charge < -0.3 is 15.1 Å². The summed E-state index contributed by atoms with van der Waals surface area (Å²) in [5.41, 5.74) is 0.146. The molecule has 19 heavy (non-hydrogen) atoms. The minimum absolute atomic E-state index is 0.128. The van der Waals surface area contributed by atoms with Crippen molar-refractivity contribution in [3.05, 3.63) is 23.8 Å². The van der Waals surface area contributed by atoms with Crippen molar-refractivity contribution in [2.75, 3.05) is 7.05 Å². The minimum Gasteiger partial charge on any atom is -0.504 e. The lowest BCUT2D eigenvalue weighted by Gasteiger charge is -2.35. The molecule has 4 nitrogen and oxygen atoms in total. The molecule has 1 fully saturated rings. The third-order valence-corrected chi connectivity index (χ3v) is 4.78. The molecule has 1 aliphatic carbocycles. The standard InChI is InChI=1S/C14H18BrNO3/c1-16(11-7-3-2-6-10(11)15)14(19)9-5-4-8-12(17)13(9)18/h4-5,8,10-11,17-18H,2-3,6-7H2,1H3. The molecule has 2 unspecified atom stereocenters. The first kappa shape index (κ1) is 14.2. The maximum Gasteiger partial charge on any atom is 0.257 e. The fraction of sp³-hybridized carbons (Fsp3) is 0.500. The number of amides is 1. The highest BCUT2D eigenvalue weighted by atomic mass is 79.9. The lowest BCUT2D eigenvalue weighted by atomic mass is 9.94. The van der Waals surface area contributed by atoms with Crippen LogP contribution in [0, 0.1) is 0 Å². The fourth-order valence-corrected chi connectivity index (χ4v) is 3.49. The van der Waals surface area contributed by atoms with Gasteiger partial charge in [0.05, 0.1) is 5.56 Å². The number of carbonyl (C=O) groups excluding carboxylic acids is 1. The van der Waals surface area contributed by atoms with Crippen molar-refractivity contribution in [2.45, 2.75) is 36.6 Å². The van der Waals surface area contributed by atoms with Crippen LogP contribution in [0.15, 0.2) is 18.2 Å². The monoisotopic (exact) mass is 327 g/mol. The molecule has 0 spiro atoms. The number of alkyl halides is 1. The molecule has 2 rings (SSSR count). The van der Waals surface area contributed by atoms with E-state index in [1.807, 2.05) is 0 Å². The molecule has 1 amide bonds. The van der Waals surface area contributed by atoms with Crippen LogP contribution < -0.4 is 0 Å². The van der Waals surface area contributed by atoms with Gasteiger partial charge in [0.1, 0.15) is 0 Å². The van der Waals surface area contributed by atoms with E-state index in [2.05, 4.69) is 15.9 Å². The van der Waals surface area contributed by atoms with Gasteiger partial charge in [-0.25, -0.2) is 0 Å². The summed E-state index contributed by atoms with van der Waals surface area (Å²) in [7, 11) is 1.75. The molecule has 0 saturated heterocycles. The van der Waals surface area contributed by atoms with Crippen molar-refractivity contribution < 1.29 is 15.0 Å². The van der Waals surface area contributed by atoms with Gasteiger partial charge in [-0.3, -0.25) is 4.79 Å². The Hall–Kier alpha value is -1.23. The molecular formula is C14H18BrNO3. The molecular weight excluding hydrogens is 310 g/mol. The molecule has 1 aromatic carbocycles. The van der Waals surface area contributed by atoms with Gasteiger partial charge in [-0.1, -0.05) is 34.8 Å². The molecule has 0 heterocycles. The summed E-state index contributed by atoms with van der Waals surface area (Å²) in [6, 6.07) is 4.57. The van der Waals surface area contributed by atoms with E-state index in [1.165, 1.54) is 18.6 Å². The molecule has 0 aromatic heterocycles. The van der Waals surface area contributed by atoms with Crippen LogP contribution in [0.5, 0.6) is 11.5 Å². The quantitative estimate of drug-likeness (QED) is 0.648. The molecule has 1 aromatic rings. The Balaban J connectivity index is 2.21. The number of benzene rings is 1. The zero-order valence-corrected chi connectivity index (χ0v) is 12.4. The van der Waals surface area contributed by atoms with Crippen LogP contribution in [0.1, 0.15) is 36.0 Å². The van der Waals surface area contributed by atoms with Crippen molar-refractivity contribution in [3.8, 4) is 11.5 Å². The maximum atomic E-state index is 12.4. The van der Waals surface area contributed by atoms with Gasteiger partial charge in [-0.2, -0.15) is 0 Å². The molecule has 0 radical (unpaired) electrons. The Morgan fingerprint density at radius 1 is 1.32 bits per heavy atom. The highest BCUT2D eigenvalue weighted by molar-refractivity contribution is 9.09. The second kappa shape index (κ2) is 5.82. The zero-order valence-electron chi connectivity index (χ0n) is 10.8. The lowest BCUT2D eigenvalue weighted by molar-refractivity contribution is 0.0701. The average Bonchev–Trinajstić information content (AvgIpc) is 2.41. The Labute approximate surface area is 121 Å². The highest BCUT2D eigenvalue weighted by Crippen LogP contribution is 2.32. The van der Waals surface area contributed by atoms with Crippen LogP contribution in [0.3, 0.4) is 0 Å². The van der Waals surface area contributed by atoms with Gasteiger partial charge in [0.15, 0.2) is 11.5 Å². The second-order valence-electron chi connectivity index (χ2n) is 4.96. The zero-order chi connectivity index (χ0) is 14.0. The Kier molecular flexibility index (Phi) is 4.34. The first-order valence-corrected chi connectivity index (χ1v) is 7.36. The third kappa shape index (κ3) is 2.86. The highest BCUT2D eigenvalue weighted by Gasteiger charge is 2.30. The number of nitrogens with zero attached hydrogens (tertiary/aromatic N) is 1. The van der Waals surface area contributed by atoms with E-state index in [9.17, 15) is 15.0 Å². The summed E-state index contributed by atoms with van der Waals surface area (Å²) in [5.74, 6) is -0.871. The number of para-hydroxylation sites is 1. The average molecular weight is 328 g/mol. The van der Waals surface area contributed by atoms with Gasteiger partial charge >= 0.3 is 0 Å². The maximum absolute atomic E-state index is 12.4. The van der Waals surface area contributed by atoms with Gasteiger partial charge in [0.25, 0.3) is 5.91 Å². The fourth-order valence-electron chi connectivity index (χ4n) is 2.55. The number of hydrogen-bond acceptors (Lipinski definition) is 3. The normalized spacial score (nSPS) is 23.1. The summed E-state index contributed by atoms with van der Waals surface area (Å²) in [6.45, 7) is 0. The van der Waals surface area contributed by atoms with Crippen molar-refractivity contribution in [2.24, 2.45) is 0 Å². The second-order valence-corrected chi connectivity index (χ2v) is 6.13. The molecule has 1 saturated carbocycles. The van der Waals surface area contributed by atoms with E-state index in [-0.39, 0.29) is 33.8 Å². The van der Waals surface area contributed by atoms with Gasteiger partial charge in [-0.15, -0.1) is 0 Å². The Morgan fingerprint density at radius 3 is 2.68 bits per heavy atom. The van der Waals surface area contributed by atoms with E-state index >= 15 is 0 Å². The van der Waals surface area contributed by atoms with Crippen molar-refractivity contribution in [3.63, 3.8) is 0 Å². The van der Waals surface area contributed by atoms with Crippen LogP contribution >= 0.6 is 15.9 Å². The van der Waals surface area contributed by atoms with Crippen LogP contribution in [0.4, 0.5) is 0 Å². The van der Waals surface area contributed by atoms with Crippen LogP contribution in [0.2, 0.25) is 0 Å². The molecule has 2 atom stereocenters. The van der Waals surface area contributed by atoms with Crippen molar-refractivity contribution >= 4 is 21.8 Å². The molecule has 2 N–H and O–H groups in total. The number of halogens is 1. The van der Waals surface area contributed by atoms with Gasteiger partial charge in [-0.05, 0) is 25.0 Å². The third-order valence-electron chi connectivity index (χ3n) is 3.71. The number of carbonyl (C=O) groups is 1. The summed E-state index contributed by atoms with van der Waals surface area (Å²) < 4.78 is 0. The summed E-state index contributed by atoms with van der Waals surface area (Å²) in [4.78, 5) is 14.3. The molecule has 104 valence electrons. The Morgan fingerprint density at radius 2 is 2.00 bits per heavy atom. The SMILES string of the molecule is CN(C(=O)c1cccc(O)c1O)C1CCCCC1Br. The van der Waals surface area contributed by atoms with Crippen LogP contribution in [-0.4, -0.2) is 38.9 Å². The molecule has 0 bridgehead atoms. The van der Waals surface area contributed by atoms with E-state index in [1.54, 1.807) is 18.0 Å². The topological polar surface area (TPSA) is 60.8 Å². The van der Waals surface area contributed by atoms with E-state index < -0.39 is 0 Å². The molecule has 1 aliphatic rings. The van der Waals surface area contributed by atoms with Gasteiger partial charge in [0, 0.05) is 17.9 Å². The predicted octanol–water partition coefficient (Wildman–Crippen LogP) is 2.88. The number of rotatable bonds is 2.